The van der Waals surface area contributed by atoms with Crippen LogP contribution in [-0.2, 0) is 13.6 Å². The Morgan fingerprint density at radius 1 is 1.20 bits per heavy atom. The summed E-state index contributed by atoms with van der Waals surface area (Å²) in [6.45, 7) is 0.362. The van der Waals surface area contributed by atoms with Crippen LogP contribution in [-0.4, -0.2) is 30.1 Å². The van der Waals surface area contributed by atoms with Crippen LogP contribution in [0, 0.1) is 0 Å². The maximum atomic E-state index is 12.4. The fourth-order valence-electron chi connectivity index (χ4n) is 2.74. The summed E-state index contributed by atoms with van der Waals surface area (Å²) < 4.78 is 3.60. The summed E-state index contributed by atoms with van der Waals surface area (Å²) in [7, 11) is 1.83. The van der Waals surface area contributed by atoms with E-state index in [1.807, 2.05) is 48.0 Å². The zero-order valence-electron chi connectivity index (χ0n) is 13.6. The number of fused-ring (bicyclic) bond motifs is 1. The lowest BCUT2D eigenvalue weighted by atomic mass is 10.1. The standard InChI is InChI=1S/C18H16N6O/c1-23-16(13-5-3-2-4-6-13)9-15(22-23)18(25)21-11-14-10-20-17-12-19-7-8-24(14)17/h2-10,12H,11H2,1H3,(H,21,25). The molecular weight excluding hydrogens is 316 g/mol. The zero-order chi connectivity index (χ0) is 17.2. The molecule has 0 spiro atoms. The number of benzene rings is 1. The van der Waals surface area contributed by atoms with Gasteiger partial charge in [-0.25, -0.2) is 4.98 Å². The lowest BCUT2D eigenvalue weighted by Gasteiger charge is -2.03. The molecule has 0 saturated heterocycles. The van der Waals surface area contributed by atoms with E-state index < -0.39 is 0 Å². The molecule has 0 radical (unpaired) electrons. The maximum Gasteiger partial charge on any atom is 0.272 e. The monoisotopic (exact) mass is 332 g/mol. The lowest BCUT2D eigenvalue weighted by Crippen LogP contribution is -2.24. The molecule has 1 amide bonds. The highest BCUT2D eigenvalue weighted by Gasteiger charge is 2.14. The third-order valence-corrected chi connectivity index (χ3v) is 4.01. The fourth-order valence-corrected chi connectivity index (χ4v) is 2.74. The van der Waals surface area contributed by atoms with Crippen molar-refractivity contribution in [1.29, 1.82) is 0 Å². The average molecular weight is 332 g/mol. The molecule has 3 aromatic heterocycles. The summed E-state index contributed by atoms with van der Waals surface area (Å²) in [5, 5.41) is 7.21. The molecule has 0 unspecified atom stereocenters. The Hall–Kier alpha value is -3.48. The molecule has 7 heteroatoms. The van der Waals surface area contributed by atoms with Crippen molar-refractivity contribution in [2.24, 2.45) is 7.05 Å². The predicted octanol–water partition coefficient (Wildman–Crippen LogP) is 2.06. The number of nitrogens with zero attached hydrogens (tertiary/aromatic N) is 5. The molecule has 0 aliphatic heterocycles. The number of imidazole rings is 1. The van der Waals surface area contributed by atoms with Crippen LogP contribution in [0.2, 0.25) is 0 Å². The van der Waals surface area contributed by atoms with E-state index in [-0.39, 0.29) is 5.91 Å². The van der Waals surface area contributed by atoms with Crippen molar-refractivity contribution in [2.45, 2.75) is 6.54 Å². The minimum Gasteiger partial charge on any atom is -0.345 e. The first-order chi connectivity index (χ1) is 12.2. The van der Waals surface area contributed by atoms with Gasteiger partial charge in [0.05, 0.1) is 30.3 Å². The first-order valence-corrected chi connectivity index (χ1v) is 7.86. The Balaban J connectivity index is 1.52. The molecule has 0 aliphatic rings. The minimum atomic E-state index is -0.221. The Kier molecular flexibility index (Phi) is 3.74. The molecule has 1 N–H and O–H groups in total. The molecule has 3 heterocycles. The van der Waals surface area contributed by atoms with Crippen LogP contribution in [0.4, 0.5) is 0 Å². The largest absolute Gasteiger partial charge is 0.345 e. The van der Waals surface area contributed by atoms with Crippen molar-refractivity contribution < 1.29 is 4.79 Å². The number of hydrogen-bond acceptors (Lipinski definition) is 4. The van der Waals surface area contributed by atoms with Gasteiger partial charge in [0.25, 0.3) is 5.91 Å². The smallest absolute Gasteiger partial charge is 0.272 e. The zero-order valence-corrected chi connectivity index (χ0v) is 13.6. The van der Waals surface area contributed by atoms with E-state index in [4.69, 9.17) is 0 Å². The SMILES string of the molecule is Cn1nc(C(=O)NCc2cnc3cnccn23)cc1-c1ccccc1. The lowest BCUT2D eigenvalue weighted by molar-refractivity contribution is 0.0944. The molecule has 25 heavy (non-hydrogen) atoms. The van der Waals surface area contributed by atoms with Gasteiger partial charge in [0.15, 0.2) is 11.3 Å². The number of amides is 1. The summed E-state index contributed by atoms with van der Waals surface area (Å²) >= 11 is 0. The van der Waals surface area contributed by atoms with Gasteiger partial charge in [-0.1, -0.05) is 30.3 Å². The van der Waals surface area contributed by atoms with Gasteiger partial charge in [0.1, 0.15) is 0 Å². The van der Waals surface area contributed by atoms with Gasteiger partial charge in [-0.3, -0.25) is 18.9 Å². The van der Waals surface area contributed by atoms with Gasteiger partial charge in [-0.15, -0.1) is 0 Å². The summed E-state index contributed by atoms with van der Waals surface area (Å²) in [5.41, 5.74) is 3.93. The van der Waals surface area contributed by atoms with E-state index in [2.05, 4.69) is 20.4 Å². The van der Waals surface area contributed by atoms with E-state index >= 15 is 0 Å². The van der Waals surface area contributed by atoms with Gasteiger partial charge in [-0.05, 0) is 11.6 Å². The number of carbonyl (C=O) groups excluding carboxylic acids is 1. The summed E-state index contributed by atoms with van der Waals surface area (Å²) in [6, 6.07) is 11.7. The molecule has 0 saturated carbocycles. The molecule has 7 nitrogen and oxygen atoms in total. The highest BCUT2D eigenvalue weighted by atomic mass is 16.1. The Labute approximate surface area is 144 Å². The summed E-state index contributed by atoms with van der Waals surface area (Å²) in [4.78, 5) is 20.7. The molecule has 0 aliphatic carbocycles. The second-order valence-electron chi connectivity index (χ2n) is 5.64. The molecule has 0 atom stereocenters. The van der Waals surface area contributed by atoms with Gasteiger partial charge >= 0.3 is 0 Å². The van der Waals surface area contributed by atoms with Crippen LogP contribution >= 0.6 is 0 Å². The van der Waals surface area contributed by atoms with Crippen LogP contribution in [0.15, 0.2) is 61.2 Å². The summed E-state index contributed by atoms with van der Waals surface area (Å²) in [6.07, 6.45) is 6.91. The molecule has 0 bridgehead atoms. The number of nitrogens with one attached hydrogen (secondary N) is 1. The van der Waals surface area contributed by atoms with E-state index in [0.717, 1.165) is 22.6 Å². The molecule has 0 fully saturated rings. The number of aryl methyl sites for hydroxylation is 1. The number of aromatic nitrogens is 5. The van der Waals surface area contributed by atoms with Crippen molar-refractivity contribution in [2.75, 3.05) is 0 Å². The fraction of sp³-hybridized carbons (Fsp3) is 0.111. The van der Waals surface area contributed by atoms with Crippen LogP contribution in [0.25, 0.3) is 16.9 Å². The van der Waals surface area contributed by atoms with Crippen LogP contribution in [0.1, 0.15) is 16.2 Å². The maximum absolute atomic E-state index is 12.4. The van der Waals surface area contributed by atoms with E-state index in [1.165, 1.54) is 0 Å². The van der Waals surface area contributed by atoms with Gasteiger partial charge in [0, 0.05) is 19.4 Å². The first-order valence-electron chi connectivity index (χ1n) is 7.86. The number of hydrogen-bond donors (Lipinski definition) is 1. The Morgan fingerprint density at radius 3 is 2.88 bits per heavy atom. The topological polar surface area (TPSA) is 77.1 Å². The minimum absolute atomic E-state index is 0.221. The number of carbonyl (C=O) groups is 1. The second-order valence-corrected chi connectivity index (χ2v) is 5.64. The summed E-state index contributed by atoms with van der Waals surface area (Å²) in [5.74, 6) is -0.221. The Morgan fingerprint density at radius 2 is 2.04 bits per heavy atom. The Bertz CT molecular complexity index is 1030. The molecular formula is C18H16N6O. The average Bonchev–Trinajstić information content (AvgIpc) is 3.24. The van der Waals surface area contributed by atoms with Crippen molar-refractivity contribution in [3.8, 4) is 11.3 Å². The predicted molar refractivity (Wildman–Crippen MR) is 92.8 cm³/mol. The number of rotatable bonds is 4. The van der Waals surface area contributed by atoms with Crippen molar-refractivity contribution in [3.05, 3.63) is 72.6 Å². The van der Waals surface area contributed by atoms with Crippen molar-refractivity contribution in [3.63, 3.8) is 0 Å². The van der Waals surface area contributed by atoms with Gasteiger partial charge in [0.2, 0.25) is 0 Å². The quantitative estimate of drug-likeness (QED) is 0.620. The highest BCUT2D eigenvalue weighted by Crippen LogP contribution is 2.19. The normalized spacial score (nSPS) is 10.9. The van der Waals surface area contributed by atoms with Crippen LogP contribution in [0.3, 0.4) is 0 Å². The molecule has 1 aromatic carbocycles. The van der Waals surface area contributed by atoms with Crippen LogP contribution < -0.4 is 5.32 Å². The van der Waals surface area contributed by atoms with E-state index in [1.54, 1.807) is 29.3 Å². The van der Waals surface area contributed by atoms with Crippen molar-refractivity contribution >= 4 is 11.6 Å². The van der Waals surface area contributed by atoms with Gasteiger partial charge < -0.3 is 5.32 Å². The second kappa shape index (κ2) is 6.20. The first kappa shape index (κ1) is 15.1. The molecule has 4 rings (SSSR count). The van der Waals surface area contributed by atoms with Gasteiger partial charge in [-0.2, -0.15) is 5.10 Å². The highest BCUT2D eigenvalue weighted by molar-refractivity contribution is 5.93. The third-order valence-electron chi connectivity index (χ3n) is 4.01. The van der Waals surface area contributed by atoms with E-state index in [0.29, 0.717) is 12.2 Å². The van der Waals surface area contributed by atoms with Crippen LogP contribution in [0.5, 0.6) is 0 Å². The van der Waals surface area contributed by atoms with E-state index in [9.17, 15) is 4.79 Å². The third kappa shape index (κ3) is 2.87. The van der Waals surface area contributed by atoms with Crippen molar-refractivity contribution in [1.82, 2.24) is 29.5 Å². The molecule has 124 valence electrons. The molecule has 4 aromatic rings.